The van der Waals surface area contributed by atoms with Gasteiger partial charge in [-0.05, 0) is 31.2 Å². The summed E-state index contributed by atoms with van der Waals surface area (Å²) in [5, 5.41) is 6.30. The molecule has 0 aliphatic rings. The molecule has 1 aromatic rings. The molecule has 0 aromatic heterocycles. The van der Waals surface area contributed by atoms with Crippen LogP contribution in [0.15, 0.2) is 18.2 Å². The Morgan fingerprint density at radius 3 is 2.78 bits per heavy atom. The van der Waals surface area contributed by atoms with Crippen LogP contribution in [0.1, 0.15) is 25.5 Å². The molecule has 0 saturated heterocycles. The van der Waals surface area contributed by atoms with Crippen molar-refractivity contribution < 1.29 is 9.53 Å². The predicted octanol–water partition coefficient (Wildman–Crippen LogP) is 2.14. The first-order valence-electron chi connectivity index (χ1n) is 5.94. The van der Waals surface area contributed by atoms with E-state index in [2.05, 4.69) is 24.5 Å². The standard InChI is InChI=1S/C13H19ClN2O2/c1-4-16-9(2)10-5-6-12(11(14)7-10)18-8-13(17)15-3/h5-7,9,16H,4,8H2,1-3H3,(H,15,17). The molecule has 1 rings (SSSR count). The number of hydrogen-bond acceptors (Lipinski definition) is 3. The third kappa shape index (κ3) is 4.20. The summed E-state index contributed by atoms with van der Waals surface area (Å²) in [6.07, 6.45) is 0. The molecule has 0 aliphatic carbocycles. The summed E-state index contributed by atoms with van der Waals surface area (Å²) in [5.41, 5.74) is 1.09. The van der Waals surface area contributed by atoms with E-state index in [0.29, 0.717) is 10.8 Å². The van der Waals surface area contributed by atoms with Crippen LogP contribution in [0.25, 0.3) is 0 Å². The lowest BCUT2D eigenvalue weighted by atomic mass is 10.1. The number of nitrogens with one attached hydrogen (secondary N) is 2. The molecule has 0 saturated carbocycles. The third-order valence-corrected chi connectivity index (χ3v) is 2.90. The lowest BCUT2D eigenvalue weighted by molar-refractivity contribution is -0.122. The van der Waals surface area contributed by atoms with E-state index in [9.17, 15) is 4.79 Å². The fourth-order valence-corrected chi connectivity index (χ4v) is 1.79. The smallest absolute Gasteiger partial charge is 0.257 e. The number of hydrogen-bond donors (Lipinski definition) is 2. The molecule has 1 aromatic carbocycles. The monoisotopic (exact) mass is 270 g/mol. The van der Waals surface area contributed by atoms with Crippen LogP contribution >= 0.6 is 11.6 Å². The van der Waals surface area contributed by atoms with Crippen molar-refractivity contribution in [3.8, 4) is 5.75 Å². The Bertz CT molecular complexity index is 410. The van der Waals surface area contributed by atoms with Crippen LogP contribution in [0, 0.1) is 0 Å². The fraction of sp³-hybridized carbons (Fsp3) is 0.462. The van der Waals surface area contributed by atoms with Gasteiger partial charge in [-0.25, -0.2) is 0 Å². The van der Waals surface area contributed by atoms with Crippen molar-refractivity contribution in [1.82, 2.24) is 10.6 Å². The Balaban J connectivity index is 2.70. The van der Waals surface area contributed by atoms with Gasteiger partial charge in [-0.2, -0.15) is 0 Å². The Labute approximate surface area is 113 Å². The van der Waals surface area contributed by atoms with E-state index >= 15 is 0 Å². The van der Waals surface area contributed by atoms with Gasteiger partial charge in [-0.3, -0.25) is 4.79 Å². The highest BCUT2D eigenvalue weighted by Crippen LogP contribution is 2.27. The van der Waals surface area contributed by atoms with Crippen LogP contribution in [-0.2, 0) is 4.79 Å². The summed E-state index contributed by atoms with van der Waals surface area (Å²) >= 11 is 6.12. The van der Waals surface area contributed by atoms with E-state index in [4.69, 9.17) is 16.3 Å². The third-order valence-electron chi connectivity index (χ3n) is 2.60. The minimum Gasteiger partial charge on any atom is -0.482 e. The highest BCUT2D eigenvalue weighted by Gasteiger charge is 2.09. The number of benzene rings is 1. The number of halogens is 1. The molecule has 1 unspecified atom stereocenters. The lowest BCUT2D eigenvalue weighted by Gasteiger charge is -2.14. The number of carbonyl (C=O) groups excluding carboxylic acids is 1. The lowest BCUT2D eigenvalue weighted by Crippen LogP contribution is -2.24. The first-order valence-corrected chi connectivity index (χ1v) is 6.32. The van der Waals surface area contributed by atoms with E-state index in [1.54, 1.807) is 13.1 Å². The molecule has 2 N–H and O–H groups in total. The summed E-state index contributed by atoms with van der Waals surface area (Å²) in [5.74, 6) is 0.337. The molecule has 0 aliphatic heterocycles. The van der Waals surface area contributed by atoms with E-state index in [0.717, 1.165) is 12.1 Å². The molecule has 100 valence electrons. The van der Waals surface area contributed by atoms with Gasteiger partial charge in [0.25, 0.3) is 5.91 Å². The largest absolute Gasteiger partial charge is 0.482 e. The average Bonchev–Trinajstić information content (AvgIpc) is 2.37. The quantitative estimate of drug-likeness (QED) is 0.833. The summed E-state index contributed by atoms with van der Waals surface area (Å²) in [6.45, 7) is 4.99. The summed E-state index contributed by atoms with van der Waals surface area (Å²) < 4.78 is 5.32. The summed E-state index contributed by atoms with van der Waals surface area (Å²) in [4.78, 5) is 11.1. The topological polar surface area (TPSA) is 50.4 Å². The number of amides is 1. The maximum atomic E-state index is 11.1. The molecule has 0 heterocycles. The maximum Gasteiger partial charge on any atom is 0.257 e. The van der Waals surface area contributed by atoms with E-state index < -0.39 is 0 Å². The number of likely N-dealkylation sites (N-methyl/N-ethyl adjacent to an activating group) is 1. The molecular formula is C13H19ClN2O2. The van der Waals surface area contributed by atoms with Crippen LogP contribution in [-0.4, -0.2) is 26.1 Å². The SMILES string of the molecule is CCNC(C)c1ccc(OCC(=O)NC)c(Cl)c1. The van der Waals surface area contributed by atoms with Gasteiger partial charge in [-0.15, -0.1) is 0 Å². The molecule has 0 spiro atoms. The zero-order valence-electron chi connectivity index (χ0n) is 10.9. The van der Waals surface area contributed by atoms with Crippen molar-refractivity contribution in [3.63, 3.8) is 0 Å². The van der Waals surface area contributed by atoms with Crippen LogP contribution in [0.3, 0.4) is 0 Å². The van der Waals surface area contributed by atoms with Crippen LogP contribution < -0.4 is 15.4 Å². The maximum absolute atomic E-state index is 11.1. The van der Waals surface area contributed by atoms with Gasteiger partial charge < -0.3 is 15.4 Å². The summed E-state index contributed by atoms with van der Waals surface area (Å²) in [7, 11) is 1.56. The molecule has 4 nitrogen and oxygen atoms in total. The normalized spacial score (nSPS) is 12.0. The molecule has 0 bridgehead atoms. The van der Waals surface area contributed by atoms with E-state index in [1.165, 1.54) is 0 Å². The second-order valence-corrected chi connectivity index (χ2v) is 4.34. The molecule has 1 amide bonds. The van der Waals surface area contributed by atoms with Gasteiger partial charge in [0.2, 0.25) is 0 Å². The van der Waals surface area contributed by atoms with Crippen molar-refractivity contribution in [3.05, 3.63) is 28.8 Å². The second kappa shape index (κ2) is 7.24. The first-order chi connectivity index (χ1) is 8.58. The van der Waals surface area contributed by atoms with Crippen LogP contribution in [0.5, 0.6) is 5.75 Å². The zero-order chi connectivity index (χ0) is 13.5. The van der Waals surface area contributed by atoms with Gasteiger partial charge in [-0.1, -0.05) is 24.6 Å². The molecule has 0 radical (unpaired) electrons. The Morgan fingerprint density at radius 1 is 1.50 bits per heavy atom. The minimum absolute atomic E-state index is 0.0294. The minimum atomic E-state index is -0.184. The van der Waals surface area contributed by atoms with E-state index in [1.807, 2.05) is 12.1 Å². The van der Waals surface area contributed by atoms with Gasteiger partial charge >= 0.3 is 0 Å². The average molecular weight is 271 g/mol. The molecule has 5 heteroatoms. The van der Waals surface area contributed by atoms with E-state index in [-0.39, 0.29) is 18.6 Å². The molecule has 18 heavy (non-hydrogen) atoms. The van der Waals surface area contributed by atoms with Crippen molar-refractivity contribution in [2.75, 3.05) is 20.2 Å². The number of carbonyl (C=O) groups is 1. The Hall–Kier alpha value is -1.26. The van der Waals surface area contributed by atoms with Crippen LogP contribution in [0.2, 0.25) is 5.02 Å². The first kappa shape index (κ1) is 14.8. The predicted molar refractivity (Wildman–Crippen MR) is 73.1 cm³/mol. The summed E-state index contributed by atoms with van der Waals surface area (Å²) in [6, 6.07) is 5.82. The van der Waals surface area contributed by atoms with Crippen LogP contribution in [0.4, 0.5) is 0 Å². The fourth-order valence-electron chi connectivity index (χ4n) is 1.54. The highest BCUT2D eigenvalue weighted by molar-refractivity contribution is 6.32. The van der Waals surface area contributed by atoms with Gasteiger partial charge in [0.05, 0.1) is 5.02 Å². The Kier molecular flexibility index (Phi) is 5.95. The highest BCUT2D eigenvalue weighted by atomic mass is 35.5. The van der Waals surface area contributed by atoms with Crippen molar-refractivity contribution >= 4 is 17.5 Å². The van der Waals surface area contributed by atoms with Crippen molar-refractivity contribution in [2.24, 2.45) is 0 Å². The molecule has 0 fully saturated rings. The molecule has 1 atom stereocenters. The van der Waals surface area contributed by atoms with Crippen molar-refractivity contribution in [2.45, 2.75) is 19.9 Å². The molecular weight excluding hydrogens is 252 g/mol. The zero-order valence-corrected chi connectivity index (χ0v) is 11.7. The number of rotatable bonds is 6. The van der Waals surface area contributed by atoms with Gasteiger partial charge in [0.1, 0.15) is 5.75 Å². The van der Waals surface area contributed by atoms with Gasteiger partial charge in [0.15, 0.2) is 6.61 Å². The van der Waals surface area contributed by atoms with Crippen molar-refractivity contribution in [1.29, 1.82) is 0 Å². The number of ether oxygens (including phenoxy) is 1. The van der Waals surface area contributed by atoms with Gasteiger partial charge in [0, 0.05) is 13.1 Å². The second-order valence-electron chi connectivity index (χ2n) is 3.93. The Morgan fingerprint density at radius 2 is 2.22 bits per heavy atom.